The minimum absolute atomic E-state index is 1.16. The van der Waals surface area contributed by atoms with Gasteiger partial charge in [0, 0.05) is 53.1 Å². The highest BCUT2D eigenvalue weighted by Crippen LogP contribution is 2.45. The maximum absolute atomic E-state index is 2.49. The van der Waals surface area contributed by atoms with Crippen LogP contribution in [-0.4, -0.2) is 9.13 Å². The summed E-state index contributed by atoms with van der Waals surface area (Å²) >= 11 is 1.87. The number of hydrogen-bond acceptors (Lipinski definition) is 1. The molecule has 0 atom stereocenters. The summed E-state index contributed by atoms with van der Waals surface area (Å²) in [6.07, 6.45) is 0. The Bertz CT molecular complexity index is 3470. The normalized spacial score (nSPS) is 12.2. The van der Waals surface area contributed by atoms with E-state index in [1.165, 1.54) is 102 Å². The summed E-state index contributed by atoms with van der Waals surface area (Å²) in [6, 6.07) is 67.3. The van der Waals surface area contributed by atoms with Gasteiger partial charge in [-0.05, 0) is 93.3 Å². The van der Waals surface area contributed by atoms with E-state index in [1.54, 1.807) is 0 Å². The molecule has 246 valence electrons. The summed E-state index contributed by atoms with van der Waals surface area (Å²) in [7, 11) is 0. The molecule has 0 aliphatic heterocycles. The topological polar surface area (TPSA) is 9.86 Å². The van der Waals surface area contributed by atoms with Crippen LogP contribution in [0.4, 0.5) is 0 Å². The van der Waals surface area contributed by atoms with Crippen LogP contribution in [0.3, 0.4) is 0 Å². The lowest BCUT2D eigenvalue weighted by atomic mass is 9.98. The van der Waals surface area contributed by atoms with E-state index in [0.29, 0.717) is 0 Å². The van der Waals surface area contributed by atoms with Gasteiger partial charge < -0.3 is 9.13 Å². The van der Waals surface area contributed by atoms with E-state index in [-0.39, 0.29) is 0 Å². The zero-order chi connectivity index (χ0) is 34.6. The van der Waals surface area contributed by atoms with Gasteiger partial charge in [-0.3, -0.25) is 0 Å². The number of nitrogens with zero attached hydrogens (tertiary/aromatic N) is 2. The molecule has 0 spiro atoms. The minimum atomic E-state index is 1.16. The maximum atomic E-state index is 2.49. The number of benzene rings is 9. The lowest BCUT2D eigenvalue weighted by molar-refractivity contribution is 1.18. The smallest absolute Gasteiger partial charge is 0.0548 e. The third kappa shape index (κ3) is 4.14. The zero-order valence-corrected chi connectivity index (χ0v) is 29.4. The molecule has 3 aromatic heterocycles. The van der Waals surface area contributed by atoms with Crippen molar-refractivity contribution in [2.24, 2.45) is 0 Å². The monoisotopic (exact) mass is 690 g/mol. The molecule has 0 bridgehead atoms. The number of rotatable bonds is 3. The van der Waals surface area contributed by atoms with Gasteiger partial charge in [0.25, 0.3) is 0 Å². The van der Waals surface area contributed by atoms with E-state index in [1.807, 2.05) is 11.3 Å². The van der Waals surface area contributed by atoms with Crippen LogP contribution in [0.2, 0.25) is 0 Å². The van der Waals surface area contributed by atoms with Crippen molar-refractivity contribution in [3.8, 4) is 22.5 Å². The van der Waals surface area contributed by atoms with Gasteiger partial charge in [-0.15, -0.1) is 11.3 Å². The molecule has 12 aromatic rings. The van der Waals surface area contributed by atoms with Crippen molar-refractivity contribution < 1.29 is 0 Å². The quantitative estimate of drug-likeness (QED) is 0.175. The minimum Gasteiger partial charge on any atom is -0.309 e. The second-order valence-corrected chi connectivity index (χ2v) is 15.2. The second kappa shape index (κ2) is 10.9. The largest absolute Gasteiger partial charge is 0.309 e. The second-order valence-electron chi connectivity index (χ2n) is 14.1. The predicted octanol–water partition coefficient (Wildman–Crippen LogP) is 14.2. The highest BCUT2D eigenvalue weighted by molar-refractivity contribution is 7.25. The highest BCUT2D eigenvalue weighted by Gasteiger charge is 2.22. The van der Waals surface area contributed by atoms with Crippen LogP contribution < -0.4 is 0 Å². The molecule has 3 heteroatoms. The molecule has 0 amide bonds. The Hall–Kier alpha value is -6.68. The fraction of sp³-hybridized carbons (Fsp3) is 0. The average Bonchev–Trinajstić information content (AvgIpc) is 3.88. The van der Waals surface area contributed by atoms with Gasteiger partial charge >= 0.3 is 0 Å². The molecule has 0 saturated carbocycles. The summed E-state index contributed by atoms with van der Waals surface area (Å²) in [4.78, 5) is 0. The van der Waals surface area contributed by atoms with E-state index in [0.717, 1.165) is 5.69 Å². The molecule has 0 aliphatic rings. The Morgan fingerprint density at radius 3 is 1.60 bits per heavy atom. The van der Waals surface area contributed by atoms with Crippen LogP contribution >= 0.6 is 11.3 Å². The Balaban J connectivity index is 1.21. The van der Waals surface area contributed by atoms with Gasteiger partial charge in [-0.25, -0.2) is 0 Å². The van der Waals surface area contributed by atoms with Crippen molar-refractivity contribution in [3.05, 3.63) is 182 Å². The van der Waals surface area contributed by atoms with Crippen LogP contribution in [0.25, 0.3) is 108 Å². The highest BCUT2D eigenvalue weighted by atomic mass is 32.1. The number of hydrogen-bond donors (Lipinski definition) is 0. The van der Waals surface area contributed by atoms with Crippen LogP contribution in [0.15, 0.2) is 182 Å². The molecular weight excluding hydrogens is 661 g/mol. The third-order valence-corrected chi connectivity index (χ3v) is 12.4. The van der Waals surface area contributed by atoms with Crippen molar-refractivity contribution in [1.29, 1.82) is 0 Å². The van der Waals surface area contributed by atoms with Gasteiger partial charge in [-0.2, -0.15) is 0 Å². The molecule has 0 unspecified atom stereocenters. The zero-order valence-electron chi connectivity index (χ0n) is 28.6. The summed E-state index contributed by atoms with van der Waals surface area (Å²) in [5, 5.41) is 12.7. The maximum Gasteiger partial charge on any atom is 0.0548 e. The van der Waals surface area contributed by atoms with Crippen molar-refractivity contribution in [3.63, 3.8) is 0 Å². The Morgan fingerprint density at radius 2 is 0.887 bits per heavy atom. The molecule has 2 nitrogen and oxygen atoms in total. The third-order valence-electron chi connectivity index (χ3n) is 11.3. The predicted molar refractivity (Wildman–Crippen MR) is 228 cm³/mol. The van der Waals surface area contributed by atoms with Crippen molar-refractivity contribution in [1.82, 2.24) is 9.13 Å². The van der Waals surface area contributed by atoms with E-state index in [4.69, 9.17) is 0 Å². The Morgan fingerprint density at radius 1 is 0.321 bits per heavy atom. The molecule has 0 aliphatic carbocycles. The Labute approximate surface area is 309 Å². The van der Waals surface area contributed by atoms with Gasteiger partial charge in [0.1, 0.15) is 0 Å². The molecule has 53 heavy (non-hydrogen) atoms. The molecule has 0 radical (unpaired) electrons. The van der Waals surface area contributed by atoms with E-state index in [9.17, 15) is 0 Å². The summed E-state index contributed by atoms with van der Waals surface area (Å²) < 4.78 is 7.59. The van der Waals surface area contributed by atoms with Gasteiger partial charge in [0.15, 0.2) is 0 Å². The van der Waals surface area contributed by atoms with E-state index >= 15 is 0 Å². The van der Waals surface area contributed by atoms with E-state index < -0.39 is 0 Å². The fourth-order valence-electron chi connectivity index (χ4n) is 8.94. The number of para-hydroxylation sites is 1. The SMILES string of the molecule is c1ccc2cc(-n3c4ccccc4c4c5c6ccc(-c7cccc8sc9ccccc9c78)cc6n(-c6ccc7ccccc7c6)c5ccc43)ccc2c1. The molecule has 9 aromatic carbocycles. The summed E-state index contributed by atoms with van der Waals surface area (Å²) in [5.41, 5.74) is 9.68. The standard InChI is InChI=1S/C50H30N2S/c1-3-12-33-28-36(23-20-31(33)10-1)51-42-17-7-5-14-39(42)49-43(51)26-27-44-50(49)40-25-22-35(38-16-9-19-47-48(38)41-15-6-8-18-46(41)53-47)30-45(40)52(44)37-24-21-32-11-2-4-13-34(32)29-37/h1-30H. The summed E-state index contributed by atoms with van der Waals surface area (Å²) in [6.45, 7) is 0. The molecule has 12 rings (SSSR count). The summed E-state index contributed by atoms with van der Waals surface area (Å²) in [5.74, 6) is 0. The first-order valence-electron chi connectivity index (χ1n) is 18.2. The molecule has 0 N–H and O–H groups in total. The van der Waals surface area contributed by atoms with Crippen LogP contribution in [0.1, 0.15) is 0 Å². The van der Waals surface area contributed by atoms with E-state index in [2.05, 4.69) is 191 Å². The van der Waals surface area contributed by atoms with Crippen LogP contribution in [-0.2, 0) is 0 Å². The van der Waals surface area contributed by atoms with Crippen LogP contribution in [0, 0.1) is 0 Å². The number of aromatic nitrogens is 2. The van der Waals surface area contributed by atoms with Gasteiger partial charge in [-0.1, -0.05) is 121 Å². The lowest BCUT2D eigenvalue weighted by Gasteiger charge is -2.11. The van der Waals surface area contributed by atoms with Crippen molar-refractivity contribution >= 4 is 96.7 Å². The first-order chi connectivity index (χ1) is 26.3. The molecular formula is C50H30N2S. The van der Waals surface area contributed by atoms with Crippen LogP contribution in [0.5, 0.6) is 0 Å². The molecule has 0 saturated heterocycles. The average molecular weight is 691 g/mol. The first-order valence-corrected chi connectivity index (χ1v) is 19.0. The number of fused-ring (bicyclic) bond motifs is 12. The molecule has 0 fully saturated rings. The fourth-order valence-corrected chi connectivity index (χ4v) is 10.1. The molecule has 3 heterocycles. The first kappa shape index (κ1) is 29.0. The van der Waals surface area contributed by atoms with Crippen molar-refractivity contribution in [2.75, 3.05) is 0 Å². The van der Waals surface area contributed by atoms with Crippen molar-refractivity contribution in [2.45, 2.75) is 0 Å². The van der Waals surface area contributed by atoms with Gasteiger partial charge in [0.05, 0.1) is 22.1 Å². The number of thiophene rings is 1. The Kier molecular flexibility index (Phi) is 5.96. The lowest BCUT2D eigenvalue weighted by Crippen LogP contribution is -1.95. The van der Waals surface area contributed by atoms with Gasteiger partial charge in [0.2, 0.25) is 0 Å².